The van der Waals surface area contributed by atoms with Gasteiger partial charge < -0.3 is 20.9 Å². The van der Waals surface area contributed by atoms with E-state index in [0.29, 0.717) is 11.5 Å². The lowest BCUT2D eigenvalue weighted by Gasteiger charge is -2.37. The average Bonchev–Trinajstić information content (AvgIpc) is 2.80. The summed E-state index contributed by atoms with van der Waals surface area (Å²) in [5.41, 5.74) is 10.5. The maximum Gasteiger partial charge on any atom is 0.159 e. The van der Waals surface area contributed by atoms with Crippen LogP contribution in [0.3, 0.4) is 0 Å². The molecule has 7 heteroatoms. The number of aromatic nitrogens is 2. The van der Waals surface area contributed by atoms with Crippen LogP contribution in [0.5, 0.6) is 0 Å². The molecule has 0 unspecified atom stereocenters. The molecule has 3 N–H and O–H groups in total. The summed E-state index contributed by atoms with van der Waals surface area (Å²) < 4.78 is 0. The van der Waals surface area contributed by atoms with E-state index in [0.717, 1.165) is 54.8 Å². The highest BCUT2D eigenvalue weighted by molar-refractivity contribution is 6.30. The van der Waals surface area contributed by atoms with Crippen molar-refractivity contribution in [1.82, 2.24) is 9.97 Å². The third-order valence-electron chi connectivity index (χ3n) is 5.65. The number of nitrogen functional groups attached to an aromatic ring is 1. The van der Waals surface area contributed by atoms with Gasteiger partial charge in [0.25, 0.3) is 0 Å². The maximum absolute atomic E-state index is 6.46. The Hall–Kier alpha value is -2.99. The van der Waals surface area contributed by atoms with Gasteiger partial charge in [-0.3, -0.25) is 0 Å². The van der Waals surface area contributed by atoms with Gasteiger partial charge in [-0.15, -0.1) is 0 Å². The van der Waals surface area contributed by atoms with Crippen molar-refractivity contribution in [3.8, 4) is 0 Å². The minimum atomic E-state index is 0.578. The normalized spacial score (nSPS) is 14.0. The number of benzene rings is 2. The number of aryl methyl sites for hydroxylation is 1. The van der Waals surface area contributed by atoms with Crippen LogP contribution in [0, 0.1) is 0 Å². The number of halogens is 1. The molecule has 2 aromatic carbocycles. The molecule has 0 bridgehead atoms. The smallest absolute Gasteiger partial charge is 0.159 e. The van der Waals surface area contributed by atoms with Crippen molar-refractivity contribution in [2.24, 2.45) is 0 Å². The van der Waals surface area contributed by atoms with Gasteiger partial charge in [0.1, 0.15) is 12.0 Å². The molecular formula is C24H29ClN6. The van der Waals surface area contributed by atoms with Crippen molar-refractivity contribution >= 4 is 40.3 Å². The second-order valence-corrected chi connectivity index (χ2v) is 8.28. The largest absolute Gasteiger partial charge is 0.393 e. The van der Waals surface area contributed by atoms with Gasteiger partial charge in [0.2, 0.25) is 0 Å². The van der Waals surface area contributed by atoms with Gasteiger partial charge in [-0.1, -0.05) is 43.1 Å². The van der Waals surface area contributed by atoms with Crippen molar-refractivity contribution < 1.29 is 0 Å². The lowest BCUT2D eigenvalue weighted by atomic mass is 10.1. The van der Waals surface area contributed by atoms with Crippen LogP contribution in [-0.4, -0.2) is 36.1 Å². The molecule has 6 nitrogen and oxygen atoms in total. The van der Waals surface area contributed by atoms with Crippen molar-refractivity contribution in [3.63, 3.8) is 0 Å². The molecule has 2 heterocycles. The Kier molecular flexibility index (Phi) is 6.77. The number of hydrogen-bond acceptors (Lipinski definition) is 6. The van der Waals surface area contributed by atoms with Crippen LogP contribution in [0.15, 0.2) is 54.9 Å². The first-order valence-corrected chi connectivity index (χ1v) is 11.2. The van der Waals surface area contributed by atoms with E-state index in [1.165, 1.54) is 18.4 Å². The van der Waals surface area contributed by atoms with Crippen LogP contribution < -0.4 is 20.9 Å². The Morgan fingerprint density at radius 3 is 2.45 bits per heavy atom. The number of rotatable bonds is 7. The van der Waals surface area contributed by atoms with Gasteiger partial charge in [-0.05, 0) is 48.7 Å². The first kappa shape index (κ1) is 21.2. The summed E-state index contributed by atoms with van der Waals surface area (Å²) in [5, 5.41) is 4.11. The minimum absolute atomic E-state index is 0.578. The first-order chi connectivity index (χ1) is 15.1. The van der Waals surface area contributed by atoms with Crippen molar-refractivity contribution in [1.29, 1.82) is 0 Å². The van der Waals surface area contributed by atoms with E-state index in [2.05, 4.69) is 62.3 Å². The number of unbranched alkanes of at least 4 members (excludes halogenated alkanes) is 1. The number of piperazine rings is 1. The molecule has 31 heavy (non-hydrogen) atoms. The van der Waals surface area contributed by atoms with Gasteiger partial charge in [0.15, 0.2) is 11.6 Å². The fraction of sp³-hybridized carbons (Fsp3) is 0.333. The highest BCUT2D eigenvalue weighted by Gasteiger charge is 2.21. The van der Waals surface area contributed by atoms with E-state index in [1.807, 2.05) is 18.2 Å². The number of nitrogens with two attached hydrogens (primary N) is 1. The summed E-state index contributed by atoms with van der Waals surface area (Å²) in [6, 6.07) is 16.5. The molecule has 0 spiro atoms. The van der Waals surface area contributed by atoms with Crippen molar-refractivity contribution in [2.45, 2.75) is 26.2 Å². The molecular weight excluding hydrogens is 408 g/mol. The molecule has 0 amide bonds. The van der Waals surface area contributed by atoms with Crippen molar-refractivity contribution in [2.75, 3.05) is 47.0 Å². The van der Waals surface area contributed by atoms with E-state index in [-0.39, 0.29) is 0 Å². The Bertz CT molecular complexity index is 999. The molecule has 1 saturated heterocycles. The van der Waals surface area contributed by atoms with E-state index in [4.69, 9.17) is 17.3 Å². The summed E-state index contributed by atoms with van der Waals surface area (Å²) in [4.78, 5) is 13.4. The molecule has 4 rings (SSSR count). The number of anilines is 5. The van der Waals surface area contributed by atoms with Crippen LogP contribution in [0.25, 0.3) is 0 Å². The lowest BCUT2D eigenvalue weighted by Crippen LogP contribution is -2.47. The molecule has 1 aromatic heterocycles. The van der Waals surface area contributed by atoms with Crippen LogP contribution >= 0.6 is 11.6 Å². The van der Waals surface area contributed by atoms with Gasteiger partial charge in [0, 0.05) is 42.6 Å². The minimum Gasteiger partial charge on any atom is -0.393 e. The number of nitrogens with zero attached hydrogens (tertiary/aromatic N) is 4. The Morgan fingerprint density at radius 1 is 1.00 bits per heavy atom. The second-order valence-electron chi connectivity index (χ2n) is 7.84. The lowest BCUT2D eigenvalue weighted by molar-refractivity contribution is 0.647. The van der Waals surface area contributed by atoms with Crippen LogP contribution in [0.1, 0.15) is 25.3 Å². The maximum atomic E-state index is 6.46. The molecule has 3 aromatic rings. The van der Waals surface area contributed by atoms with E-state index < -0.39 is 0 Å². The molecule has 1 aliphatic heterocycles. The Balaban J connectivity index is 1.42. The van der Waals surface area contributed by atoms with E-state index in [1.54, 1.807) is 6.33 Å². The third-order valence-corrected chi connectivity index (χ3v) is 5.89. The average molecular weight is 437 g/mol. The van der Waals surface area contributed by atoms with E-state index >= 15 is 0 Å². The zero-order valence-electron chi connectivity index (χ0n) is 17.9. The third kappa shape index (κ3) is 5.20. The van der Waals surface area contributed by atoms with E-state index in [9.17, 15) is 0 Å². The second kappa shape index (κ2) is 9.88. The highest BCUT2D eigenvalue weighted by Crippen LogP contribution is 2.30. The summed E-state index contributed by atoms with van der Waals surface area (Å²) in [6.45, 7) is 5.64. The zero-order valence-corrected chi connectivity index (χ0v) is 18.6. The number of nitrogens with one attached hydrogen (secondary N) is 1. The van der Waals surface area contributed by atoms with Crippen LogP contribution in [-0.2, 0) is 6.42 Å². The number of hydrogen-bond donors (Lipinski definition) is 2. The van der Waals surface area contributed by atoms with Gasteiger partial charge in [0.05, 0.1) is 0 Å². The van der Waals surface area contributed by atoms with Crippen LogP contribution in [0.4, 0.5) is 28.7 Å². The predicted molar refractivity (Wildman–Crippen MR) is 131 cm³/mol. The van der Waals surface area contributed by atoms with Crippen LogP contribution in [0.2, 0.25) is 5.02 Å². The predicted octanol–water partition coefficient (Wildman–Crippen LogP) is 5.13. The standard InChI is InChI=1S/C24H29ClN6/c1-2-3-5-18-8-10-20(11-9-18)29-23-22(26)24(28-17-27-23)31-14-12-30(13-15-31)21-7-4-6-19(25)16-21/h4,6-11,16-17H,2-3,5,12-15,26H2,1H3,(H,27,28,29). The van der Waals surface area contributed by atoms with Gasteiger partial charge >= 0.3 is 0 Å². The van der Waals surface area contributed by atoms with Gasteiger partial charge in [-0.2, -0.15) is 0 Å². The monoisotopic (exact) mass is 436 g/mol. The molecule has 0 radical (unpaired) electrons. The molecule has 0 saturated carbocycles. The first-order valence-electron chi connectivity index (χ1n) is 10.9. The fourth-order valence-corrected chi connectivity index (χ4v) is 4.04. The fourth-order valence-electron chi connectivity index (χ4n) is 3.86. The van der Waals surface area contributed by atoms with Gasteiger partial charge in [-0.25, -0.2) is 9.97 Å². The molecule has 0 atom stereocenters. The summed E-state index contributed by atoms with van der Waals surface area (Å²) >= 11 is 6.15. The molecule has 1 fully saturated rings. The van der Waals surface area contributed by atoms with Crippen molar-refractivity contribution in [3.05, 3.63) is 65.4 Å². The Morgan fingerprint density at radius 2 is 1.74 bits per heavy atom. The topological polar surface area (TPSA) is 70.3 Å². The summed E-state index contributed by atoms with van der Waals surface area (Å²) in [5.74, 6) is 1.42. The zero-order chi connectivity index (χ0) is 21.6. The molecule has 1 aliphatic rings. The highest BCUT2D eigenvalue weighted by atomic mass is 35.5. The Labute approximate surface area is 189 Å². The summed E-state index contributed by atoms with van der Waals surface area (Å²) in [6.07, 6.45) is 5.10. The molecule has 0 aliphatic carbocycles. The SMILES string of the molecule is CCCCc1ccc(Nc2ncnc(N3CCN(c4cccc(Cl)c4)CC3)c2N)cc1. The summed E-state index contributed by atoms with van der Waals surface area (Å²) in [7, 11) is 0. The molecule has 162 valence electrons. The quantitative estimate of drug-likeness (QED) is 0.535.